The SMILES string of the molecule is Cl.O=C(c1cc(-c2cccc(Cl)c2)on1)N1CCC2CCC(C1)N2. The molecule has 2 atom stereocenters. The van der Waals surface area contributed by atoms with E-state index in [4.69, 9.17) is 16.1 Å². The second-order valence-electron chi connectivity index (χ2n) is 6.26. The van der Waals surface area contributed by atoms with E-state index in [2.05, 4.69) is 10.5 Å². The van der Waals surface area contributed by atoms with Crippen LogP contribution in [-0.2, 0) is 0 Å². The Morgan fingerprint density at radius 1 is 1.25 bits per heavy atom. The van der Waals surface area contributed by atoms with Gasteiger partial charge in [-0.1, -0.05) is 28.9 Å². The fourth-order valence-corrected chi connectivity index (χ4v) is 3.63. The van der Waals surface area contributed by atoms with Gasteiger partial charge in [-0.3, -0.25) is 4.79 Å². The third kappa shape index (κ3) is 3.43. The first-order valence-corrected chi connectivity index (χ1v) is 8.35. The van der Waals surface area contributed by atoms with Crippen molar-refractivity contribution < 1.29 is 9.32 Å². The largest absolute Gasteiger partial charge is 0.355 e. The number of aromatic nitrogens is 1. The van der Waals surface area contributed by atoms with Gasteiger partial charge in [0.2, 0.25) is 0 Å². The predicted molar refractivity (Wildman–Crippen MR) is 94.7 cm³/mol. The van der Waals surface area contributed by atoms with Gasteiger partial charge in [-0.05, 0) is 31.4 Å². The molecule has 4 rings (SSSR count). The Labute approximate surface area is 151 Å². The maximum Gasteiger partial charge on any atom is 0.276 e. The Balaban J connectivity index is 0.00000169. The maximum absolute atomic E-state index is 12.7. The fraction of sp³-hybridized carbons (Fsp3) is 0.412. The van der Waals surface area contributed by atoms with Crippen LogP contribution in [0.25, 0.3) is 11.3 Å². The molecule has 2 aromatic rings. The summed E-state index contributed by atoms with van der Waals surface area (Å²) in [5.74, 6) is 0.502. The van der Waals surface area contributed by atoms with Crippen LogP contribution in [0.3, 0.4) is 0 Å². The number of likely N-dealkylation sites (tertiary alicyclic amines) is 1. The molecule has 3 heterocycles. The van der Waals surface area contributed by atoms with E-state index in [0.29, 0.717) is 28.6 Å². The van der Waals surface area contributed by atoms with Crippen LogP contribution in [0.5, 0.6) is 0 Å². The van der Waals surface area contributed by atoms with E-state index < -0.39 is 0 Å². The van der Waals surface area contributed by atoms with Gasteiger partial charge in [0, 0.05) is 41.8 Å². The second-order valence-corrected chi connectivity index (χ2v) is 6.70. The summed E-state index contributed by atoms with van der Waals surface area (Å²) in [5, 5.41) is 8.16. The van der Waals surface area contributed by atoms with Crippen molar-refractivity contribution in [2.24, 2.45) is 0 Å². The van der Waals surface area contributed by atoms with E-state index in [9.17, 15) is 4.79 Å². The lowest BCUT2D eigenvalue weighted by Gasteiger charge is -2.23. The fourth-order valence-electron chi connectivity index (χ4n) is 3.44. The van der Waals surface area contributed by atoms with Gasteiger partial charge in [0.25, 0.3) is 5.91 Å². The molecule has 5 nitrogen and oxygen atoms in total. The Hall–Kier alpha value is -1.56. The van der Waals surface area contributed by atoms with Gasteiger partial charge < -0.3 is 14.7 Å². The van der Waals surface area contributed by atoms with Crippen molar-refractivity contribution in [3.8, 4) is 11.3 Å². The van der Waals surface area contributed by atoms with E-state index in [1.54, 1.807) is 18.2 Å². The van der Waals surface area contributed by atoms with Crippen LogP contribution < -0.4 is 5.32 Å². The number of hydrogen-bond donors (Lipinski definition) is 1. The van der Waals surface area contributed by atoms with Gasteiger partial charge >= 0.3 is 0 Å². The van der Waals surface area contributed by atoms with Crippen LogP contribution in [0.2, 0.25) is 5.02 Å². The minimum atomic E-state index is -0.0589. The summed E-state index contributed by atoms with van der Waals surface area (Å²) in [5.41, 5.74) is 1.18. The van der Waals surface area contributed by atoms with Crippen molar-refractivity contribution >= 4 is 29.9 Å². The zero-order valence-electron chi connectivity index (χ0n) is 13.1. The number of hydrogen-bond acceptors (Lipinski definition) is 4. The van der Waals surface area contributed by atoms with E-state index >= 15 is 0 Å². The number of rotatable bonds is 2. The molecule has 2 aliphatic rings. The smallest absolute Gasteiger partial charge is 0.276 e. The summed E-state index contributed by atoms with van der Waals surface area (Å²) < 4.78 is 5.34. The highest BCUT2D eigenvalue weighted by Crippen LogP contribution is 2.25. The molecule has 2 fully saturated rings. The zero-order valence-corrected chi connectivity index (χ0v) is 14.6. The third-order valence-corrected chi connectivity index (χ3v) is 4.88. The van der Waals surface area contributed by atoms with Crippen LogP contribution in [0.4, 0.5) is 0 Å². The Morgan fingerprint density at radius 3 is 2.92 bits per heavy atom. The number of carbonyl (C=O) groups excluding carboxylic acids is 1. The molecule has 2 bridgehead atoms. The topological polar surface area (TPSA) is 58.4 Å². The standard InChI is InChI=1S/C17H18ClN3O2.ClH/c18-12-3-1-2-11(8-12)16-9-15(20-23-16)17(22)21-7-6-13-4-5-14(10-21)19-13;/h1-3,8-9,13-14,19H,4-7,10H2;1H. The van der Waals surface area contributed by atoms with Crippen molar-refractivity contribution in [1.82, 2.24) is 15.4 Å². The lowest BCUT2D eigenvalue weighted by atomic mass is 10.1. The first kappa shape index (κ1) is 17.3. The van der Waals surface area contributed by atoms with Crippen molar-refractivity contribution in [1.29, 1.82) is 0 Å². The number of fused-ring (bicyclic) bond motifs is 2. The first-order valence-electron chi connectivity index (χ1n) is 7.97. The molecule has 1 aromatic heterocycles. The highest BCUT2D eigenvalue weighted by Gasteiger charge is 2.32. The molecule has 2 saturated heterocycles. The van der Waals surface area contributed by atoms with Crippen molar-refractivity contribution in [3.05, 3.63) is 41.0 Å². The molecule has 128 valence electrons. The van der Waals surface area contributed by atoms with E-state index in [1.807, 2.05) is 17.0 Å². The minimum absolute atomic E-state index is 0. The van der Waals surface area contributed by atoms with Crippen molar-refractivity contribution in [2.75, 3.05) is 13.1 Å². The Morgan fingerprint density at radius 2 is 2.08 bits per heavy atom. The van der Waals surface area contributed by atoms with E-state index in [1.165, 1.54) is 6.42 Å². The molecular weight excluding hydrogens is 349 g/mol. The van der Waals surface area contributed by atoms with Gasteiger partial charge in [-0.2, -0.15) is 0 Å². The van der Waals surface area contributed by atoms with Crippen molar-refractivity contribution in [3.63, 3.8) is 0 Å². The number of amides is 1. The maximum atomic E-state index is 12.7. The van der Waals surface area contributed by atoms with E-state index in [-0.39, 0.29) is 18.3 Å². The molecule has 0 radical (unpaired) electrons. The summed E-state index contributed by atoms with van der Waals surface area (Å²) in [6.45, 7) is 1.51. The monoisotopic (exact) mass is 367 g/mol. The minimum Gasteiger partial charge on any atom is -0.355 e. The summed E-state index contributed by atoms with van der Waals surface area (Å²) >= 11 is 6.00. The predicted octanol–water partition coefficient (Wildman–Crippen LogP) is 3.38. The summed E-state index contributed by atoms with van der Waals surface area (Å²) in [4.78, 5) is 14.6. The molecule has 24 heavy (non-hydrogen) atoms. The van der Waals surface area contributed by atoms with Crippen LogP contribution in [0, 0.1) is 0 Å². The molecule has 2 aliphatic heterocycles. The highest BCUT2D eigenvalue weighted by atomic mass is 35.5. The highest BCUT2D eigenvalue weighted by molar-refractivity contribution is 6.30. The van der Waals surface area contributed by atoms with Crippen LogP contribution >= 0.6 is 24.0 Å². The van der Waals surface area contributed by atoms with Gasteiger partial charge in [-0.25, -0.2) is 0 Å². The lowest BCUT2D eigenvalue weighted by molar-refractivity contribution is 0.0738. The quantitative estimate of drug-likeness (QED) is 0.883. The van der Waals surface area contributed by atoms with Crippen LogP contribution in [0.15, 0.2) is 34.9 Å². The van der Waals surface area contributed by atoms with E-state index in [0.717, 1.165) is 31.5 Å². The summed E-state index contributed by atoms with van der Waals surface area (Å²) in [6, 6.07) is 9.99. The molecule has 0 saturated carbocycles. The van der Waals surface area contributed by atoms with Gasteiger partial charge in [0.15, 0.2) is 11.5 Å². The van der Waals surface area contributed by atoms with Gasteiger partial charge in [0.1, 0.15) is 0 Å². The zero-order chi connectivity index (χ0) is 15.8. The summed E-state index contributed by atoms with van der Waals surface area (Å²) in [7, 11) is 0. The molecule has 0 spiro atoms. The second kappa shape index (κ2) is 7.13. The first-order chi connectivity index (χ1) is 11.2. The number of nitrogens with one attached hydrogen (secondary N) is 1. The molecule has 1 amide bonds. The van der Waals surface area contributed by atoms with Gasteiger partial charge in [0.05, 0.1) is 0 Å². The molecule has 1 N–H and O–H groups in total. The summed E-state index contributed by atoms with van der Waals surface area (Å²) in [6.07, 6.45) is 3.36. The van der Waals surface area contributed by atoms with Gasteiger partial charge in [-0.15, -0.1) is 12.4 Å². The average Bonchev–Trinajstić information content (AvgIpc) is 3.13. The number of carbonyl (C=O) groups is 1. The number of halogens is 2. The molecule has 0 aliphatic carbocycles. The third-order valence-electron chi connectivity index (χ3n) is 4.65. The number of nitrogens with zero attached hydrogens (tertiary/aromatic N) is 2. The average molecular weight is 368 g/mol. The lowest BCUT2D eigenvalue weighted by Crippen LogP contribution is -2.39. The Kier molecular flexibility index (Phi) is 5.13. The molecule has 7 heteroatoms. The Bertz CT molecular complexity index is 734. The normalized spacial score (nSPS) is 22.8. The molecular formula is C17H19Cl2N3O2. The number of benzene rings is 1. The van der Waals surface area contributed by atoms with Crippen LogP contribution in [-0.4, -0.2) is 41.1 Å². The van der Waals surface area contributed by atoms with Crippen LogP contribution in [0.1, 0.15) is 29.8 Å². The van der Waals surface area contributed by atoms with Crippen molar-refractivity contribution in [2.45, 2.75) is 31.3 Å². The molecule has 2 unspecified atom stereocenters. The molecule has 1 aromatic carbocycles.